The fraction of sp³-hybridized carbons (Fsp3) is 0.533. The lowest BCUT2D eigenvalue weighted by Gasteiger charge is -2.11. The highest BCUT2D eigenvalue weighted by Crippen LogP contribution is 2.25. The molecule has 0 fully saturated rings. The minimum absolute atomic E-state index is 0.0594. The van der Waals surface area contributed by atoms with E-state index >= 15 is 0 Å². The Bertz CT molecular complexity index is 420. The summed E-state index contributed by atoms with van der Waals surface area (Å²) in [5.74, 6) is 1.54. The Morgan fingerprint density at radius 1 is 1.30 bits per heavy atom. The highest BCUT2D eigenvalue weighted by atomic mass is 16.5. The van der Waals surface area contributed by atoms with Gasteiger partial charge in [-0.05, 0) is 25.5 Å². The van der Waals surface area contributed by atoms with Crippen LogP contribution in [0.5, 0.6) is 11.5 Å². The maximum absolute atomic E-state index is 11.3. The summed E-state index contributed by atoms with van der Waals surface area (Å²) in [4.78, 5) is 11.3. The molecule has 0 heterocycles. The van der Waals surface area contributed by atoms with Crippen molar-refractivity contribution in [2.45, 2.75) is 26.4 Å². The molecule has 20 heavy (non-hydrogen) atoms. The molecule has 0 aliphatic heterocycles. The first-order chi connectivity index (χ1) is 9.71. The van der Waals surface area contributed by atoms with E-state index in [1.807, 2.05) is 25.1 Å². The van der Waals surface area contributed by atoms with Crippen molar-refractivity contribution in [2.24, 2.45) is 0 Å². The Labute approximate surface area is 120 Å². The summed E-state index contributed by atoms with van der Waals surface area (Å²) in [5, 5.41) is 2.76. The number of ether oxygens (including phenoxy) is 3. The molecule has 0 spiro atoms. The summed E-state index contributed by atoms with van der Waals surface area (Å²) in [7, 11) is 3.26. The third kappa shape index (κ3) is 5.48. The summed E-state index contributed by atoms with van der Waals surface area (Å²) in [5.41, 5.74) is 0.977. The molecule has 1 aromatic carbocycles. The number of rotatable bonds is 9. The van der Waals surface area contributed by atoms with Crippen molar-refractivity contribution in [2.75, 3.05) is 27.4 Å². The Hall–Kier alpha value is -1.75. The maximum Gasteiger partial charge on any atom is 0.220 e. The number of nitrogens with one attached hydrogen (secondary N) is 1. The topological polar surface area (TPSA) is 56.8 Å². The Morgan fingerprint density at radius 2 is 2.10 bits per heavy atom. The van der Waals surface area contributed by atoms with E-state index in [1.54, 1.807) is 14.2 Å². The van der Waals surface area contributed by atoms with Crippen LogP contribution in [0.2, 0.25) is 0 Å². The molecule has 0 aliphatic rings. The van der Waals surface area contributed by atoms with Gasteiger partial charge in [-0.3, -0.25) is 4.79 Å². The van der Waals surface area contributed by atoms with Gasteiger partial charge in [-0.25, -0.2) is 0 Å². The number of carbonyl (C=O) groups is 1. The van der Waals surface area contributed by atoms with Crippen LogP contribution in [0.1, 0.15) is 25.3 Å². The van der Waals surface area contributed by atoms with E-state index in [4.69, 9.17) is 14.2 Å². The smallest absolute Gasteiger partial charge is 0.220 e. The summed E-state index contributed by atoms with van der Waals surface area (Å²) in [6.45, 7) is 3.57. The average molecular weight is 281 g/mol. The summed E-state index contributed by atoms with van der Waals surface area (Å²) in [6.07, 6.45) is 1.17. The van der Waals surface area contributed by atoms with E-state index in [1.165, 1.54) is 0 Å². The predicted octanol–water partition coefficient (Wildman–Crippen LogP) is 2.14. The standard InChI is InChI=1S/C15H23NO4/c1-4-16-15(17)6-5-9-20-13-8-7-12(11-18-2)14(10-13)19-3/h7-8,10H,4-6,9,11H2,1-3H3,(H,16,17). The van der Waals surface area contributed by atoms with E-state index < -0.39 is 0 Å². The average Bonchev–Trinajstić information content (AvgIpc) is 2.45. The molecular weight excluding hydrogens is 258 g/mol. The maximum atomic E-state index is 11.3. The molecule has 112 valence electrons. The highest BCUT2D eigenvalue weighted by Gasteiger charge is 2.05. The molecule has 1 rings (SSSR count). The number of carbonyl (C=O) groups excluding carboxylic acids is 1. The van der Waals surface area contributed by atoms with E-state index in [2.05, 4.69) is 5.32 Å². The van der Waals surface area contributed by atoms with Gasteiger partial charge in [0.05, 0.1) is 20.3 Å². The lowest BCUT2D eigenvalue weighted by Crippen LogP contribution is -2.22. The third-order valence-electron chi connectivity index (χ3n) is 2.75. The molecular formula is C15H23NO4. The van der Waals surface area contributed by atoms with Crippen molar-refractivity contribution in [3.05, 3.63) is 23.8 Å². The van der Waals surface area contributed by atoms with Crippen LogP contribution in [0, 0.1) is 0 Å². The van der Waals surface area contributed by atoms with Crippen LogP contribution in [0.4, 0.5) is 0 Å². The quantitative estimate of drug-likeness (QED) is 0.705. The molecule has 0 radical (unpaired) electrons. The molecule has 5 heteroatoms. The van der Waals surface area contributed by atoms with Crippen LogP contribution in [0.25, 0.3) is 0 Å². The molecule has 0 aromatic heterocycles. The first-order valence-corrected chi connectivity index (χ1v) is 6.76. The number of hydrogen-bond acceptors (Lipinski definition) is 4. The SMILES string of the molecule is CCNC(=O)CCCOc1ccc(COC)c(OC)c1. The van der Waals surface area contributed by atoms with Gasteiger partial charge in [0.25, 0.3) is 0 Å². The molecule has 0 saturated carbocycles. The Kier molecular flexibility index (Phi) is 7.50. The lowest BCUT2D eigenvalue weighted by atomic mass is 10.2. The van der Waals surface area contributed by atoms with Gasteiger partial charge >= 0.3 is 0 Å². The summed E-state index contributed by atoms with van der Waals surface area (Å²) in [6, 6.07) is 5.63. The fourth-order valence-corrected chi connectivity index (χ4v) is 1.80. The zero-order valence-electron chi connectivity index (χ0n) is 12.4. The Morgan fingerprint density at radius 3 is 2.75 bits per heavy atom. The second-order valence-electron chi connectivity index (χ2n) is 4.31. The largest absolute Gasteiger partial charge is 0.496 e. The fourth-order valence-electron chi connectivity index (χ4n) is 1.80. The molecule has 1 aromatic rings. The number of benzene rings is 1. The van der Waals surface area contributed by atoms with Crippen molar-refractivity contribution in [1.82, 2.24) is 5.32 Å². The second kappa shape index (κ2) is 9.20. The van der Waals surface area contributed by atoms with E-state index in [0.717, 1.165) is 17.1 Å². The van der Waals surface area contributed by atoms with Gasteiger partial charge in [-0.1, -0.05) is 0 Å². The molecule has 0 aliphatic carbocycles. The molecule has 0 bridgehead atoms. The van der Waals surface area contributed by atoms with Crippen LogP contribution < -0.4 is 14.8 Å². The minimum Gasteiger partial charge on any atom is -0.496 e. The third-order valence-corrected chi connectivity index (χ3v) is 2.75. The lowest BCUT2D eigenvalue weighted by molar-refractivity contribution is -0.121. The van der Waals surface area contributed by atoms with Gasteiger partial charge < -0.3 is 19.5 Å². The first kappa shape index (κ1) is 16.3. The summed E-state index contributed by atoms with van der Waals surface area (Å²) < 4.78 is 16.0. The molecule has 5 nitrogen and oxygen atoms in total. The van der Waals surface area contributed by atoms with Crippen molar-refractivity contribution in [3.63, 3.8) is 0 Å². The molecule has 0 saturated heterocycles. The van der Waals surface area contributed by atoms with Crippen LogP contribution in [0.3, 0.4) is 0 Å². The van der Waals surface area contributed by atoms with Gasteiger partial charge in [0.2, 0.25) is 5.91 Å². The first-order valence-electron chi connectivity index (χ1n) is 6.76. The number of hydrogen-bond donors (Lipinski definition) is 1. The van der Waals surface area contributed by atoms with Crippen molar-refractivity contribution in [1.29, 1.82) is 0 Å². The zero-order chi connectivity index (χ0) is 14.8. The summed E-state index contributed by atoms with van der Waals surface area (Å²) >= 11 is 0. The van der Waals surface area contributed by atoms with E-state index in [9.17, 15) is 4.79 Å². The van der Waals surface area contributed by atoms with Crippen molar-refractivity contribution < 1.29 is 19.0 Å². The van der Waals surface area contributed by atoms with E-state index in [0.29, 0.717) is 32.6 Å². The van der Waals surface area contributed by atoms with Gasteiger partial charge in [0, 0.05) is 31.7 Å². The van der Waals surface area contributed by atoms with Crippen LogP contribution >= 0.6 is 0 Å². The number of methoxy groups -OCH3 is 2. The van der Waals surface area contributed by atoms with Crippen LogP contribution in [-0.2, 0) is 16.1 Å². The normalized spacial score (nSPS) is 10.2. The van der Waals surface area contributed by atoms with Gasteiger partial charge in [-0.2, -0.15) is 0 Å². The Balaban J connectivity index is 2.42. The van der Waals surface area contributed by atoms with Crippen molar-refractivity contribution in [3.8, 4) is 11.5 Å². The van der Waals surface area contributed by atoms with Gasteiger partial charge in [0.15, 0.2) is 0 Å². The highest BCUT2D eigenvalue weighted by molar-refractivity contribution is 5.75. The second-order valence-corrected chi connectivity index (χ2v) is 4.31. The monoisotopic (exact) mass is 281 g/mol. The van der Waals surface area contributed by atoms with Crippen LogP contribution in [-0.4, -0.2) is 33.3 Å². The van der Waals surface area contributed by atoms with E-state index in [-0.39, 0.29) is 5.91 Å². The zero-order valence-corrected chi connectivity index (χ0v) is 12.4. The van der Waals surface area contributed by atoms with Crippen molar-refractivity contribution >= 4 is 5.91 Å². The molecule has 1 amide bonds. The number of amides is 1. The molecule has 0 atom stereocenters. The predicted molar refractivity (Wildman–Crippen MR) is 77.1 cm³/mol. The van der Waals surface area contributed by atoms with Crippen LogP contribution in [0.15, 0.2) is 18.2 Å². The van der Waals surface area contributed by atoms with Gasteiger partial charge in [0.1, 0.15) is 11.5 Å². The molecule has 0 unspecified atom stereocenters. The molecule has 1 N–H and O–H groups in total. The van der Waals surface area contributed by atoms with Gasteiger partial charge in [-0.15, -0.1) is 0 Å². The minimum atomic E-state index is 0.0594.